The minimum atomic E-state index is 0.533. The SMILES string of the molecule is CN(C)C1CCCN(c2ncncc2C#N)C1. The van der Waals surface area contributed by atoms with Crippen LogP contribution in [-0.2, 0) is 0 Å². The van der Waals surface area contributed by atoms with E-state index in [2.05, 4.69) is 39.9 Å². The van der Waals surface area contributed by atoms with Gasteiger partial charge in [0.2, 0.25) is 0 Å². The average Bonchev–Trinajstić information content (AvgIpc) is 2.39. The molecule has 5 nitrogen and oxygen atoms in total. The molecule has 2 rings (SSSR count). The fourth-order valence-electron chi connectivity index (χ4n) is 2.22. The fraction of sp³-hybridized carbons (Fsp3) is 0.583. The largest absolute Gasteiger partial charge is 0.354 e. The van der Waals surface area contributed by atoms with Crippen LogP contribution in [0.5, 0.6) is 0 Å². The summed E-state index contributed by atoms with van der Waals surface area (Å²) in [6.45, 7) is 1.90. The molecule has 2 heterocycles. The topological polar surface area (TPSA) is 56.1 Å². The third-order valence-corrected chi connectivity index (χ3v) is 3.24. The van der Waals surface area contributed by atoms with Crippen molar-refractivity contribution >= 4 is 5.82 Å². The molecule has 1 aliphatic rings. The Morgan fingerprint density at radius 2 is 2.35 bits per heavy atom. The third-order valence-electron chi connectivity index (χ3n) is 3.24. The highest BCUT2D eigenvalue weighted by Gasteiger charge is 2.23. The van der Waals surface area contributed by atoms with E-state index in [4.69, 9.17) is 5.26 Å². The van der Waals surface area contributed by atoms with Crippen LogP contribution in [-0.4, -0.2) is 48.1 Å². The molecule has 0 N–H and O–H groups in total. The summed E-state index contributed by atoms with van der Waals surface area (Å²) in [5.41, 5.74) is 0.562. The van der Waals surface area contributed by atoms with Crippen LogP contribution in [0.25, 0.3) is 0 Å². The normalized spacial score (nSPS) is 20.4. The predicted octanol–water partition coefficient (Wildman–Crippen LogP) is 0.879. The van der Waals surface area contributed by atoms with Gasteiger partial charge in [0.05, 0.1) is 6.20 Å². The van der Waals surface area contributed by atoms with Crippen LogP contribution in [0.3, 0.4) is 0 Å². The number of piperidine rings is 1. The van der Waals surface area contributed by atoms with E-state index in [0.29, 0.717) is 11.6 Å². The van der Waals surface area contributed by atoms with Crippen molar-refractivity contribution in [1.82, 2.24) is 14.9 Å². The zero-order chi connectivity index (χ0) is 12.3. The van der Waals surface area contributed by atoms with E-state index in [1.54, 1.807) is 6.20 Å². The molecule has 1 aromatic rings. The maximum atomic E-state index is 9.06. The summed E-state index contributed by atoms with van der Waals surface area (Å²) in [5.74, 6) is 0.772. The first kappa shape index (κ1) is 11.8. The summed E-state index contributed by atoms with van der Waals surface area (Å²) in [5, 5.41) is 9.06. The Bertz CT molecular complexity index is 423. The van der Waals surface area contributed by atoms with Gasteiger partial charge in [-0.3, -0.25) is 0 Å². The number of hydrogen-bond donors (Lipinski definition) is 0. The molecule has 0 saturated carbocycles. The number of likely N-dealkylation sites (N-methyl/N-ethyl adjacent to an activating group) is 1. The summed E-state index contributed by atoms with van der Waals surface area (Å²) < 4.78 is 0. The van der Waals surface area contributed by atoms with Gasteiger partial charge in [0, 0.05) is 19.1 Å². The highest BCUT2D eigenvalue weighted by atomic mass is 15.2. The minimum absolute atomic E-state index is 0.533. The lowest BCUT2D eigenvalue weighted by molar-refractivity contribution is 0.257. The van der Waals surface area contributed by atoms with Crippen LogP contribution >= 0.6 is 0 Å². The van der Waals surface area contributed by atoms with E-state index in [1.807, 2.05) is 0 Å². The molecule has 17 heavy (non-hydrogen) atoms. The van der Waals surface area contributed by atoms with Gasteiger partial charge in [0.25, 0.3) is 0 Å². The molecule has 0 radical (unpaired) electrons. The van der Waals surface area contributed by atoms with Crippen LogP contribution < -0.4 is 4.90 Å². The Balaban J connectivity index is 2.19. The average molecular weight is 231 g/mol. The van der Waals surface area contributed by atoms with Gasteiger partial charge in [-0.25, -0.2) is 9.97 Å². The van der Waals surface area contributed by atoms with Crippen molar-refractivity contribution in [3.63, 3.8) is 0 Å². The van der Waals surface area contributed by atoms with Crippen LogP contribution in [0.1, 0.15) is 18.4 Å². The quantitative estimate of drug-likeness (QED) is 0.756. The Hall–Kier alpha value is -1.67. The van der Waals surface area contributed by atoms with Crippen molar-refractivity contribution in [2.75, 3.05) is 32.1 Å². The lowest BCUT2D eigenvalue weighted by Crippen LogP contribution is -2.45. The molecule has 0 spiro atoms. The second-order valence-electron chi connectivity index (χ2n) is 4.58. The summed E-state index contributed by atoms with van der Waals surface area (Å²) >= 11 is 0. The third kappa shape index (κ3) is 2.53. The maximum absolute atomic E-state index is 9.06. The lowest BCUT2D eigenvalue weighted by Gasteiger charge is -2.36. The second kappa shape index (κ2) is 5.11. The van der Waals surface area contributed by atoms with Crippen LogP contribution in [0.15, 0.2) is 12.5 Å². The van der Waals surface area contributed by atoms with Gasteiger partial charge in [0.1, 0.15) is 23.8 Å². The maximum Gasteiger partial charge on any atom is 0.150 e. The van der Waals surface area contributed by atoms with E-state index in [-0.39, 0.29) is 0 Å². The van der Waals surface area contributed by atoms with Crippen molar-refractivity contribution in [1.29, 1.82) is 5.26 Å². The van der Waals surface area contributed by atoms with Gasteiger partial charge >= 0.3 is 0 Å². The molecule has 0 aromatic carbocycles. The van der Waals surface area contributed by atoms with Crippen molar-refractivity contribution < 1.29 is 0 Å². The van der Waals surface area contributed by atoms with Gasteiger partial charge in [-0.1, -0.05) is 0 Å². The van der Waals surface area contributed by atoms with Crippen molar-refractivity contribution in [2.45, 2.75) is 18.9 Å². The Labute approximate surface area is 102 Å². The van der Waals surface area contributed by atoms with Gasteiger partial charge in [0.15, 0.2) is 0 Å². The molecule has 1 aromatic heterocycles. The first-order chi connectivity index (χ1) is 8.22. The number of anilines is 1. The molecular weight excluding hydrogens is 214 g/mol. The van der Waals surface area contributed by atoms with Gasteiger partial charge in [-0.05, 0) is 26.9 Å². The monoisotopic (exact) mass is 231 g/mol. The van der Waals surface area contributed by atoms with Crippen molar-refractivity contribution in [3.8, 4) is 6.07 Å². The molecule has 90 valence electrons. The standard InChI is InChI=1S/C12H17N5/c1-16(2)11-4-3-5-17(8-11)12-10(6-13)7-14-9-15-12/h7,9,11H,3-5,8H2,1-2H3. The fourth-order valence-corrected chi connectivity index (χ4v) is 2.22. The highest BCUT2D eigenvalue weighted by molar-refractivity contribution is 5.52. The number of aromatic nitrogens is 2. The van der Waals surface area contributed by atoms with E-state index in [0.717, 1.165) is 25.3 Å². The zero-order valence-corrected chi connectivity index (χ0v) is 10.3. The van der Waals surface area contributed by atoms with Gasteiger partial charge in [-0.2, -0.15) is 5.26 Å². The summed E-state index contributed by atoms with van der Waals surface area (Å²) in [6.07, 6.45) is 5.44. The van der Waals surface area contributed by atoms with E-state index in [9.17, 15) is 0 Å². The van der Waals surface area contributed by atoms with Gasteiger partial charge < -0.3 is 9.80 Å². The molecule has 0 aliphatic carbocycles. The number of hydrogen-bond acceptors (Lipinski definition) is 5. The number of nitriles is 1. The minimum Gasteiger partial charge on any atom is -0.354 e. The van der Waals surface area contributed by atoms with Crippen LogP contribution in [0.2, 0.25) is 0 Å². The van der Waals surface area contributed by atoms with E-state index >= 15 is 0 Å². The molecular formula is C12H17N5. The van der Waals surface area contributed by atoms with Crippen molar-refractivity contribution in [2.24, 2.45) is 0 Å². The van der Waals surface area contributed by atoms with Crippen LogP contribution in [0.4, 0.5) is 5.82 Å². The van der Waals surface area contributed by atoms with E-state index in [1.165, 1.54) is 12.7 Å². The predicted molar refractivity (Wildman–Crippen MR) is 65.7 cm³/mol. The smallest absolute Gasteiger partial charge is 0.150 e. The molecule has 1 saturated heterocycles. The van der Waals surface area contributed by atoms with E-state index < -0.39 is 0 Å². The molecule has 5 heteroatoms. The molecule has 0 amide bonds. The number of nitrogens with zero attached hydrogens (tertiary/aromatic N) is 5. The number of rotatable bonds is 2. The first-order valence-electron chi connectivity index (χ1n) is 5.84. The lowest BCUT2D eigenvalue weighted by atomic mass is 10.0. The second-order valence-corrected chi connectivity index (χ2v) is 4.58. The Morgan fingerprint density at radius 1 is 1.53 bits per heavy atom. The Morgan fingerprint density at radius 3 is 3.06 bits per heavy atom. The molecule has 1 aliphatic heterocycles. The molecule has 1 atom stereocenters. The first-order valence-corrected chi connectivity index (χ1v) is 5.84. The van der Waals surface area contributed by atoms with Crippen LogP contribution in [0, 0.1) is 11.3 Å². The Kier molecular flexibility index (Phi) is 3.55. The van der Waals surface area contributed by atoms with Crippen molar-refractivity contribution in [3.05, 3.63) is 18.1 Å². The zero-order valence-electron chi connectivity index (χ0n) is 10.3. The highest BCUT2D eigenvalue weighted by Crippen LogP contribution is 2.21. The molecule has 0 bridgehead atoms. The molecule has 1 fully saturated rings. The molecule has 1 unspecified atom stereocenters. The summed E-state index contributed by atoms with van der Waals surface area (Å²) in [6, 6.07) is 2.69. The summed E-state index contributed by atoms with van der Waals surface area (Å²) in [7, 11) is 4.19. The van der Waals surface area contributed by atoms with Gasteiger partial charge in [-0.15, -0.1) is 0 Å². The summed E-state index contributed by atoms with van der Waals surface area (Å²) in [4.78, 5) is 12.6.